The molecule has 1 aromatic carbocycles. The smallest absolute Gasteiger partial charge is 0.310 e. The molecule has 0 aliphatic heterocycles. The quantitative estimate of drug-likeness (QED) is 0.197. The molecule has 2 N–H and O–H groups in total. The molecule has 0 spiro atoms. The van der Waals surface area contributed by atoms with E-state index in [4.69, 9.17) is 0 Å². The number of carboxylic acids is 2. The van der Waals surface area contributed by atoms with Crippen LogP contribution < -0.4 is 0 Å². The Morgan fingerprint density at radius 3 is 1.68 bits per heavy atom. The predicted molar refractivity (Wildman–Crippen MR) is 142 cm³/mol. The van der Waals surface area contributed by atoms with Gasteiger partial charge >= 0.3 is 11.9 Å². The number of aliphatic carboxylic acids is 2. The lowest BCUT2D eigenvalue weighted by atomic mass is 9.81. The lowest BCUT2D eigenvalue weighted by Crippen LogP contribution is -2.19. The van der Waals surface area contributed by atoms with Crippen molar-refractivity contribution in [3.63, 3.8) is 0 Å². The second-order valence-corrected chi connectivity index (χ2v) is 10.9. The minimum atomic E-state index is -0.847. The van der Waals surface area contributed by atoms with Gasteiger partial charge in [-0.05, 0) is 54.2 Å². The molecule has 0 heterocycles. The Kier molecular flexibility index (Phi) is 14.9. The van der Waals surface area contributed by atoms with Gasteiger partial charge in [0.15, 0.2) is 0 Å². The highest BCUT2D eigenvalue weighted by Gasteiger charge is 2.29. The van der Waals surface area contributed by atoms with Crippen molar-refractivity contribution in [1.82, 2.24) is 0 Å². The van der Waals surface area contributed by atoms with Crippen LogP contribution in [-0.4, -0.2) is 22.2 Å². The molecule has 4 heteroatoms. The third-order valence-electron chi connectivity index (χ3n) is 6.87. The van der Waals surface area contributed by atoms with Gasteiger partial charge in [-0.1, -0.05) is 111 Å². The van der Waals surface area contributed by atoms with E-state index in [1.54, 1.807) is 0 Å². The molecule has 2 atom stereocenters. The number of hydrogen-bond donors (Lipinski definition) is 2. The van der Waals surface area contributed by atoms with Crippen molar-refractivity contribution in [2.24, 2.45) is 11.8 Å². The molecule has 1 aromatic rings. The van der Waals surface area contributed by atoms with Crippen LogP contribution in [0.5, 0.6) is 0 Å². The van der Waals surface area contributed by atoms with Crippen LogP contribution in [0.3, 0.4) is 0 Å². The van der Waals surface area contributed by atoms with Crippen LogP contribution in [0.25, 0.3) is 0 Å². The molecule has 0 saturated heterocycles. The van der Waals surface area contributed by atoms with Crippen LogP contribution in [0.1, 0.15) is 140 Å². The summed E-state index contributed by atoms with van der Waals surface area (Å²) in [5.74, 6) is -1.94. The Morgan fingerprint density at radius 2 is 1.18 bits per heavy atom. The first-order chi connectivity index (χ1) is 16.2. The maximum atomic E-state index is 12.3. The van der Waals surface area contributed by atoms with Crippen molar-refractivity contribution < 1.29 is 19.8 Å². The Balaban J connectivity index is 3.17. The van der Waals surface area contributed by atoms with Crippen molar-refractivity contribution in [1.29, 1.82) is 0 Å². The zero-order chi connectivity index (χ0) is 25.5. The summed E-state index contributed by atoms with van der Waals surface area (Å²) < 4.78 is 0. The monoisotopic (exact) mass is 474 g/mol. The number of unbranched alkanes of at least 4 members (excludes halogenated alkanes) is 5. The van der Waals surface area contributed by atoms with Gasteiger partial charge in [0.1, 0.15) is 0 Å². The first kappa shape index (κ1) is 30.2. The first-order valence-corrected chi connectivity index (χ1v) is 13.8. The fraction of sp³-hybridized carbons (Fsp3) is 0.733. The minimum Gasteiger partial charge on any atom is -0.481 e. The summed E-state index contributed by atoms with van der Waals surface area (Å²) in [6.07, 6.45) is 12.9. The van der Waals surface area contributed by atoms with Gasteiger partial charge in [0, 0.05) is 0 Å². The molecule has 0 aromatic heterocycles. The van der Waals surface area contributed by atoms with Gasteiger partial charge in [0.05, 0.1) is 11.8 Å². The van der Waals surface area contributed by atoms with E-state index < -0.39 is 23.8 Å². The van der Waals surface area contributed by atoms with Crippen LogP contribution in [0.15, 0.2) is 18.2 Å². The fourth-order valence-corrected chi connectivity index (χ4v) is 4.79. The molecule has 0 aliphatic carbocycles. The lowest BCUT2D eigenvalue weighted by Gasteiger charge is -2.23. The second kappa shape index (κ2) is 16.7. The van der Waals surface area contributed by atoms with E-state index in [2.05, 4.69) is 34.6 Å². The number of benzene rings is 1. The van der Waals surface area contributed by atoms with Crippen LogP contribution in [-0.2, 0) is 16.0 Å². The maximum absolute atomic E-state index is 12.3. The SMILES string of the molecule is CCCCCCCCc1ccc(C(CCCC(C)C)C(=O)O)c(C(CCCC(C)C)C(=O)O)c1. The van der Waals surface area contributed by atoms with E-state index in [-0.39, 0.29) is 0 Å². The molecular weight excluding hydrogens is 424 g/mol. The van der Waals surface area contributed by atoms with E-state index in [0.29, 0.717) is 30.2 Å². The highest BCUT2D eigenvalue weighted by Crippen LogP contribution is 2.35. The zero-order valence-electron chi connectivity index (χ0n) is 22.4. The van der Waals surface area contributed by atoms with Gasteiger partial charge in [-0.3, -0.25) is 9.59 Å². The normalized spacial score (nSPS) is 13.4. The number of carboxylic acid groups (broad SMARTS) is 2. The Bertz CT molecular complexity index is 723. The van der Waals surface area contributed by atoms with Crippen molar-refractivity contribution in [2.75, 3.05) is 0 Å². The zero-order valence-corrected chi connectivity index (χ0v) is 22.4. The van der Waals surface area contributed by atoms with Crippen LogP contribution in [0.2, 0.25) is 0 Å². The molecule has 0 amide bonds. The average molecular weight is 475 g/mol. The topological polar surface area (TPSA) is 74.6 Å². The summed E-state index contributed by atoms with van der Waals surface area (Å²) in [7, 11) is 0. The molecule has 1 rings (SSSR count). The van der Waals surface area contributed by atoms with E-state index in [1.807, 2.05) is 18.2 Å². The molecular formula is C30H50O4. The van der Waals surface area contributed by atoms with Crippen molar-refractivity contribution in [2.45, 2.75) is 130 Å². The van der Waals surface area contributed by atoms with E-state index in [0.717, 1.165) is 49.7 Å². The largest absolute Gasteiger partial charge is 0.481 e. The molecule has 34 heavy (non-hydrogen) atoms. The third-order valence-corrected chi connectivity index (χ3v) is 6.87. The van der Waals surface area contributed by atoms with Gasteiger partial charge in [-0.2, -0.15) is 0 Å². The number of carbonyl (C=O) groups is 2. The van der Waals surface area contributed by atoms with Gasteiger partial charge in [0.25, 0.3) is 0 Å². The third kappa shape index (κ3) is 11.5. The standard InChI is InChI=1S/C30H50O4/c1-6-7-8-9-10-11-16-24-19-20-25(26(29(31)32)17-12-14-22(2)3)28(21-24)27(30(33)34)18-13-15-23(4)5/h19-23,26-27H,6-18H2,1-5H3,(H,31,32)(H,33,34). The van der Waals surface area contributed by atoms with Crippen molar-refractivity contribution >= 4 is 11.9 Å². The van der Waals surface area contributed by atoms with Crippen molar-refractivity contribution in [3.05, 3.63) is 34.9 Å². The summed E-state index contributed by atoms with van der Waals surface area (Å²) in [5.41, 5.74) is 2.58. The molecule has 194 valence electrons. The predicted octanol–water partition coefficient (Wildman–Crippen LogP) is 8.58. The highest BCUT2D eigenvalue weighted by molar-refractivity contribution is 5.80. The highest BCUT2D eigenvalue weighted by atomic mass is 16.4. The van der Waals surface area contributed by atoms with Crippen LogP contribution in [0, 0.1) is 11.8 Å². The minimum absolute atomic E-state index is 0.524. The molecule has 0 bridgehead atoms. The molecule has 0 fully saturated rings. The molecule has 0 radical (unpaired) electrons. The average Bonchev–Trinajstić information content (AvgIpc) is 2.76. The van der Waals surface area contributed by atoms with Gasteiger partial charge < -0.3 is 10.2 Å². The van der Waals surface area contributed by atoms with Gasteiger partial charge in [0.2, 0.25) is 0 Å². The van der Waals surface area contributed by atoms with E-state index >= 15 is 0 Å². The fourth-order valence-electron chi connectivity index (χ4n) is 4.79. The number of hydrogen-bond acceptors (Lipinski definition) is 2. The molecule has 0 aliphatic rings. The second-order valence-electron chi connectivity index (χ2n) is 10.9. The van der Waals surface area contributed by atoms with Crippen LogP contribution >= 0.6 is 0 Å². The lowest BCUT2D eigenvalue weighted by molar-refractivity contribution is -0.140. The summed E-state index contributed by atoms with van der Waals surface area (Å²) in [6.45, 7) is 10.8. The van der Waals surface area contributed by atoms with E-state index in [9.17, 15) is 19.8 Å². The van der Waals surface area contributed by atoms with E-state index in [1.165, 1.54) is 32.1 Å². The van der Waals surface area contributed by atoms with Crippen molar-refractivity contribution in [3.8, 4) is 0 Å². The Labute approximate surface area is 208 Å². The van der Waals surface area contributed by atoms with Crippen LogP contribution in [0.4, 0.5) is 0 Å². The maximum Gasteiger partial charge on any atom is 0.310 e. The molecule has 0 saturated carbocycles. The Hall–Kier alpha value is -1.84. The Morgan fingerprint density at radius 1 is 0.676 bits per heavy atom. The molecule has 4 nitrogen and oxygen atoms in total. The summed E-state index contributed by atoms with van der Waals surface area (Å²) in [6, 6.07) is 5.98. The summed E-state index contributed by atoms with van der Waals surface area (Å²) >= 11 is 0. The number of aryl methyl sites for hydroxylation is 1. The molecule has 2 unspecified atom stereocenters. The van der Waals surface area contributed by atoms with Gasteiger partial charge in [-0.25, -0.2) is 0 Å². The first-order valence-electron chi connectivity index (χ1n) is 13.8. The summed E-state index contributed by atoms with van der Waals surface area (Å²) in [4.78, 5) is 24.6. The summed E-state index contributed by atoms with van der Waals surface area (Å²) in [5, 5.41) is 20.2. The van der Waals surface area contributed by atoms with Gasteiger partial charge in [-0.15, -0.1) is 0 Å². The number of rotatable bonds is 19.